The second kappa shape index (κ2) is 8.45. The van der Waals surface area contributed by atoms with E-state index in [1.165, 1.54) is 44.6 Å². The van der Waals surface area contributed by atoms with Crippen molar-refractivity contribution in [2.24, 2.45) is 0 Å². The summed E-state index contributed by atoms with van der Waals surface area (Å²) in [4.78, 5) is 5.26. The molecular weight excluding hydrogens is 448 g/mol. The molecule has 186 valence electrons. The number of hydrogen-bond acceptors (Lipinski definition) is 1. The maximum Gasteiger partial charge on any atom is 0.145 e. The molecule has 0 fully saturated rings. The van der Waals surface area contributed by atoms with E-state index in [-0.39, 0.29) is 5.41 Å². The van der Waals surface area contributed by atoms with E-state index in [1.54, 1.807) is 0 Å². The Morgan fingerprint density at radius 1 is 0.730 bits per heavy atom. The molecule has 37 heavy (non-hydrogen) atoms. The summed E-state index contributed by atoms with van der Waals surface area (Å²) in [6, 6.07) is 29.1. The van der Waals surface area contributed by atoms with Gasteiger partial charge in [0, 0.05) is 11.0 Å². The van der Waals surface area contributed by atoms with E-state index in [0.29, 0.717) is 11.8 Å². The van der Waals surface area contributed by atoms with Crippen LogP contribution in [0.25, 0.3) is 39.2 Å². The van der Waals surface area contributed by atoms with Gasteiger partial charge in [-0.3, -0.25) is 4.57 Å². The standard InChI is InChI=1S/C35H36N2/c1-21(2)25-13-11-14-26(22(3)4)33(25)37-31-17-9-8-16-30(31)36-34(37)24-18-19-28-27(20-24)32-23(5)12-10-15-29(32)35(28,6)7/h8-22H,1-7H3. The first kappa shape index (κ1) is 23.7. The highest BCUT2D eigenvalue weighted by Gasteiger charge is 2.36. The second-order valence-corrected chi connectivity index (χ2v) is 11.7. The van der Waals surface area contributed by atoms with E-state index >= 15 is 0 Å². The third-order valence-corrected chi connectivity index (χ3v) is 8.29. The van der Waals surface area contributed by atoms with E-state index < -0.39 is 0 Å². The van der Waals surface area contributed by atoms with Gasteiger partial charge in [0.1, 0.15) is 5.82 Å². The third kappa shape index (κ3) is 3.49. The fourth-order valence-electron chi connectivity index (χ4n) is 6.34. The highest BCUT2D eigenvalue weighted by molar-refractivity contribution is 5.88. The third-order valence-electron chi connectivity index (χ3n) is 8.29. The fraction of sp³-hybridized carbons (Fsp3) is 0.286. The van der Waals surface area contributed by atoms with Crippen LogP contribution in [0.3, 0.4) is 0 Å². The van der Waals surface area contributed by atoms with Crippen LogP contribution < -0.4 is 0 Å². The zero-order chi connectivity index (χ0) is 26.1. The molecule has 1 heterocycles. The Balaban J connectivity index is 1.68. The van der Waals surface area contributed by atoms with Crippen molar-refractivity contribution in [3.05, 3.63) is 107 Å². The lowest BCUT2D eigenvalue weighted by atomic mass is 9.82. The molecule has 0 bridgehead atoms. The van der Waals surface area contributed by atoms with E-state index in [1.807, 2.05) is 0 Å². The number of imidazole rings is 1. The van der Waals surface area contributed by atoms with Crippen LogP contribution in [-0.4, -0.2) is 9.55 Å². The molecule has 0 atom stereocenters. The van der Waals surface area contributed by atoms with Crippen molar-refractivity contribution in [1.82, 2.24) is 9.55 Å². The molecule has 1 aliphatic carbocycles. The SMILES string of the molecule is Cc1cccc2c1-c1cc(-c3nc4ccccc4n3-c3c(C(C)C)cccc3C(C)C)ccc1C2(C)C. The van der Waals surface area contributed by atoms with Crippen molar-refractivity contribution in [3.63, 3.8) is 0 Å². The Morgan fingerprint density at radius 3 is 2.11 bits per heavy atom. The van der Waals surface area contributed by atoms with Gasteiger partial charge in [0.15, 0.2) is 0 Å². The van der Waals surface area contributed by atoms with Crippen molar-refractivity contribution in [2.75, 3.05) is 0 Å². The van der Waals surface area contributed by atoms with Gasteiger partial charge in [-0.2, -0.15) is 0 Å². The van der Waals surface area contributed by atoms with E-state index in [0.717, 1.165) is 22.4 Å². The Morgan fingerprint density at radius 2 is 1.41 bits per heavy atom. The van der Waals surface area contributed by atoms with Crippen LogP contribution in [0.15, 0.2) is 78.9 Å². The molecule has 0 unspecified atom stereocenters. The van der Waals surface area contributed by atoms with Crippen molar-refractivity contribution >= 4 is 11.0 Å². The molecule has 4 aromatic carbocycles. The van der Waals surface area contributed by atoms with Crippen LogP contribution in [0.4, 0.5) is 0 Å². The normalized spacial score (nSPS) is 14.0. The topological polar surface area (TPSA) is 17.8 Å². The van der Waals surface area contributed by atoms with Gasteiger partial charge in [-0.05, 0) is 75.9 Å². The summed E-state index contributed by atoms with van der Waals surface area (Å²) in [6.07, 6.45) is 0. The minimum atomic E-state index is -0.00952. The van der Waals surface area contributed by atoms with Crippen LogP contribution in [-0.2, 0) is 5.41 Å². The zero-order valence-corrected chi connectivity index (χ0v) is 23.1. The second-order valence-electron chi connectivity index (χ2n) is 11.7. The highest BCUT2D eigenvalue weighted by Crippen LogP contribution is 2.51. The summed E-state index contributed by atoms with van der Waals surface area (Å²) in [5.41, 5.74) is 14.2. The number of nitrogens with zero attached hydrogens (tertiary/aromatic N) is 2. The zero-order valence-electron chi connectivity index (χ0n) is 23.1. The predicted molar refractivity (Wildman–Crippen MR) is 157 cm³/mol. The van der Waals surface area contributed by atoms with Gasteiger partial charge in [-0.15, -0.1) is 0 Å². The van der Waals surface area contributed by atoms with Gasteiger partial charge < -0.3 is 0 Å². The van der Waals surface area contributed by atoms with Crippen LogP contribution in [0.5, 0.6) is 0 Å². The Labute approximate surface area is 221 Å². The number of aryl methyl sites for hydroxylation is 1. The molecule has 0 N–H and O–H groups in total. The van der Waals surface area contributed by atoms with Gasteiger partial charge in [0.2, 0.25) is 0 Å². The molecule has 6 rings (SSSR count). The Hall–Kier alpha value is -3.65. The fourth-order valence-corrected chi connectivity index (χ4v) is 6.34. The number of hydrogen-bond donors (Lipinski definition) is 0. The van der Waals surface area contributed by atoms with Gasteiger partial charge >= 0.3 is 0 Å². The van der Waals surface area contributed by atoms with Crippen molar-refractivity contribution in [2.45, 2.75) is 65.7 Å². The first-order valence-corrected chi connectivity index (χ1v) is 13.6. The summed E-state index contributed by atoms with van der Waals surface area (Å²) in [7, 11) is 0. The lowest BCUT2D eigenvalue weighted by molar-refractivity contribution is 0.660. The van der Waals surface area contributed by atoms with Crippen LogP contribution in [0.2, 0.25) is 0 Å². The number of para-hydroxylation sites is 3. The first-order chi connectivity index (χ1) is 17.7. The number of aromatic nitrogens is 2. The smallest absolute Gasteiger partial charge is 0.145 e. The first-order valence-electron chi connectivity index (χ1n) is 13.6. The summed E-state index contributed by atoms with van der Waals surface area (Å²) >= 11 is 0. The van der Waals surface area contributed by atoms with Gasteiger partial charge in [0.25, 0.3) is 0 Å². The lowest BCUT2D eigenvalue weighted by Gasteiger charge is -2.23. The molecule has 0 amide bonds. The summed E-state index contributed by atoms with van der Waals surface area (Å²) in [6.45, 7) is 16.1. The molecular formula is C35H36N2. The molecule has 5 aromatic rings. The summed E-state index contributed by atoms with van der Waals surface area (Å²) in [5.74, 6) is 1.81. The van der Waals surface area contributed by atoms with E-state index in [4.69, 9.17) is 4.98 Å². The average Bonchev–Trinajstić information content (AvgIpc) is 3.37. The number of fused-ring (bicyclic) bond motifs is 4. The molecule has 0 saturated heterocycles. The molecule has 1 aromatic heterocycles. The van der Waals surface area contributed by atoms with Gasteiger partial charge in [0.05, 0.1) is 16.7 Å². The molecule has 0 aliphatic heterocycles. The predicted octanol–water partition coefficient (Wildman–Crippen LogP) is 9.55. The van der Waals surface area contributed by atoms with Crippen molar-refractivity contribution in [1.29, 1.82) is 0 Å². The minimum Gasteiger partial charge on any atom is -0.292 e. The molecule has 2 heteroatoms. The van der Waals surface area contributed by atoms with Gasteiger partial charge in [-0.25, -0.2) is 4.98 Å². The molecule has 0 radical (unpaired) electrons. The van der Waals surface area contributed by atoms with Crippen LogP contribution in [0, 0.1) is 6.92 Å². The van der Waals surface area contributed by atoms with Crippen LogP contribution >= 0.6 is 0 Å². The van der Waals surface area contributed by atoms with Crippen LogP contribution in [0.1, 0.15) is 81.2 Å². The highest BCUT2D eigenvalue weighted by atomic mass is 15.1. The summed E-state index contributed by atoms with van der Waals surface area (Å²) in [5, 5.41) is 0. The molecule has 2 nitrogen and oxygen atoms in total. The maximum atomic E-state index is 5.26. The largest absolute Gasteiger partial charge is 0.292 e. The van der Waals surface area contributed by atoms with E-state index in [9.17, 15) is 0 Å². The maximum absolute atomic E-state index is 5.26. The van der Waals surface area contributed by atoms with E-state index in [2.05, 4.69) is 132 Å². The van der Waals surface area contributed by atoms with Crippen molar-refractivity contribution < 1.29 is 0 Å². The molecule has 0 spiro atoms. The quantitative estimate of drug-likeness (QED) is 0.248. The number of rotatable bonds is 4. The molecule has 0 saturated carbocycles. The van der Waals surface area contributed by atoms with Crippen molar-refractivity contribution in [3.8, 4) is 28.2 Å². The Kier molecular flexibility index (Phi) is 5.42. The molecule has 1 aliphatic rings. The monoisotopic (exact) mass is 484 g/mol. The number of benzene rings is 4. The average molecular weight is 485 g/mol. The van der Waals surface area contributed by atoms with Gasteiger partial charge in [-0.1, -0.05) is 102 Å². The Bertz CT molecular complexity index is 1640. The summed E-state index contributed by atoms with van der Waals surface area (Å²) < 4.78 is 2.43. The minimum absolute atomic E-state index is 0.00952. The lowest BCUT2D eigenvalue weighted by Crippen LogP contribution is -2.14.